The predicted molar refractivity (Wildman–Crippen MR) is 219 cm³/mol. The monoisotopic (exact) mass is 828 g/mol. The number of rotatable bonds is 15. The molecule has 1 N–H and O–H groups in total. The van der Waals surface area contributed by atoms with Crippen LogP contribution in [0, 0.1) is 24.0 Å². The molecule has 0 aliphatic carbocycles. The molecular formula is C45H51F3N6O6. The maximum atomic E-state index is 17.1. The van der Waals surface area contributed by atoms with Crippen LogP contribution in [0.25, 0.3) is 32.9 Å². The first-order chi connectivity index (χ1) is 29.1. The SMILES string of the molecule is C#Cc1c(F)ccc2cc(O)cc(-c3ncc4c(N5CC6CCC(C5)N6C(=O)OCOC(=O)CCCCCCCCC)nc(OC[C@@]56CCCN5C[C@H](F)C6)nc4c3F)c12. The molecule has 2 bridgehead atoms. The van der Waals surface area contributed by atoms with Crippen molar-refractivity contribution in [3.8, 4) is 35.4 Å². The van der Waals surface area contributed by atoms with Crippen LogP contribution in [0.1, 0.15) is 96.0 Å². The second-order valence-electron chi connectivity index (χ2n) is 16.6. The van der Waals surface area contributed by atoms with Crippen LogP contribution in [0.4, 0.5) is 23.8 Å². The van der Waals surface area contributed by atoms with Gasteiger partial charge in [0.15, 0.2) is 5.82 Å². The summed E-state index contributed by atoms with van der Waals surface area (Å²) in [4.78, 5) is 45.3. The summed E-state index contributed by atoms with van der Waals surface area (Å²) in [6.45, 7) is 3.54. The van der Waals surface area contributed by atoms with E-state index >= 15 is 4.39 Å². The number of halogens is 3. The Balaban J connectivity index is 1.04. The summed E-state index contributed by atoms with van der Waals surface area (Å²) >= 11 is 0. The Bertz CT molecular complexity index is 2290. The Morgan fingerprint density at radius 2 is 1.78 bits per heavy atom. The van der Waals surface area contributed by atoms with Gasteiger partial charge >= 0.3 is 18.1 Å². The third-order valence-corrected chi connectivity index (χ3v) is 12.7. The molecular weight excluding hydrogens is 778 g/mol. The highest BCUT2D eigenvalue weighted by Gasteiger charge is 2.50. The molecule has 4 aliphatic heterocycles. The number of benzene rings is 2. The Kier molecular flexibility index (Phi) is 12.2. The number of unbranched alkanes of at least 4 members (excludes halogenated alkanes) is 6. The van der Waals surface area contributed by atoms with Gasteiger partial charge in [0.1, 0.15) is 41.4 Å². The fraction of sp³-hybridized carbons (Fsp3) is 0.533. The number of terminal acetylenes is 1. The normalized spacial score (nSPS) is 22.4. The number of hydrogen-bond acceptors (Lipinski definition) is 11. The van der Waals surface area contributed by atoms with E-state index in [-0.39, 0.29) is 70.0 Å². The molecule has 8 rings (SSSR count). The highest BCUT2D eigenvalue weighted by molar-refractivity contribution is 6.03. The van der Waals surface area contributed by atoms with E-state index in [4.69, 9.17) is 25.6 Å². The van der Waals surface area contributed by atoms with Gasteiger partial charge in [0.25, 0.3) is 0 Å². The van der Waals surface area contributed by atoms with Crippen LogP contribution in [-0.2, 0) is 14.3 Å². The molecule has 0 spiro atoms. The number of nitrogens with zero attached hydrogens (tertiary/aromatic N) is 6. The van der Waals surface area contributed by atoms with E-state index in [1.54, 1.807) is 4.90 Å². The first-order valence-electron chi connectivity index (χ1n) is 21.2. The van der Waals surface area contributed by atoms with Crippen molar-refractivity contribution in [1.82, 2.24) is 24.8 Å². The van der Waals surface area contributed by atoms with Gasteiger partial charge in [-0.05, 0) is 62.2 Å². The Labute approximate surface area is 347 Å². The van der Waals surface area contributed by atoms with E-state index in [0.717, 1.165) is 45.1 Å². The standard InChI is InChI=1S/C45H51F3N6O6/c1-3-5-6-7-8-9-10-12-37(56)59-27-60-44(57)54-30-14-15-31(54)25-52(24-30)42-35-22-49-40(34-20-32(55)19-28-13-16-36(47)33(4-2)38(28)34)39(48)41(35)50-43(51-42)58-26-45-17-11-18-53(45)23-29(46)21-45/h2,13,16,19-20,22,29-31,55H,3,5-12,14-15,17-18,21,23-27H2,1H3/t29-,30?,31?,45+/m1/s1. The molecule has 6 heterocycles. The van der Waals surface area contributed by atoms with Crippen molar-refractivity contribution in [2.45, 2.75) is 114 Å². The molecule has 2 unspecified atom stereocenters. The summed E-state index contributed by atoms with van der Waals surface area (Å²) in [7, 11) is 0. The lowest BCUT2D eigenvalue weighted by molar-refractivity contribution is -0.152. The van der Waals surface area contributed by atoms with Gasteiger partial charge in [0.05, 0.1) is 28.6 Å². The van der Waals surface area contributed by atoms with Crippen molar-refractivity contribution < 1.29 is 42.1 Å². The average Bonchev–Trinajstić information content (AvgIpc) is 3.85. The van der Waals surface area contributed by atoms with Crippen molar-refractivity contribution in [3.63, 3.8) is 0 Å². The van der Waals surface area contributed by atoms with E-state index in [1.807, 2.05) is 4.90 Å². The molecule has 4 aliphatic rings. The molecule has 4 aromatic rings. The number of ether oxygens (including phenoxy) is 3. The number of pyridine rings is 1. The molecule has 0 saturated carbocycles. The zero-order chi connectivity index (χ0) is 42.0. The number of aromatic nitrogens is 3. The molecule has 4 saturated heterocycles. The minimum atomic E-state index is -0.983. The molecule has 1 amide bonds. The number of anilines is 1. The van der Waals surface area contributed by atoms with Gasteiger partial charge in [-0.2, -0.15) is 9.97 Å². The van der Waals surface area contributed by atoms with E-state index in [0.29, 0.717) is 50.1 Å². The first-order valence-corrected chi connectivity index (χ1v) is 21.2. The highest BCUT2D eigenvalue weighted by Crippen LogP contribution is 2.42. The molecule has 318 valence electrons. The van der Waals surface area contributed by atoms with Gasteiger partial charge in [-0.3, -0.25) is 19.6 Å². The number of alkyl halides is 1. The number of esters is 1. The minimum absolute atomic E-state index is 0.0774. The van der Waals surface area contributed by atoms with Gasteiger partial charge in [-0.1, -0.05) is 57.4 Å². The lowest BCUT2D eigenvalue weighted by atomic mass is 9.95. The molecule has 12 nitrogen and oxygen atoms in total. The van der Waals surface area contributed by atoms with E-state index in [9.17, 15) is 23.5 Å². The van der Waals surface area contributed by atoms with Crippen molar-refractivity contribution >= 4 is 39.6 Å². The van der Waals surface area contributed by atoms with Crippen LogP contribution >= 0.6 is 0 Å². The molecule has 4 fully saturated rings. The highest BCUT2D eigenvalue weighted by atomic mass is 19.1. The Morgan fingerprint density at radius 1 is 1.02 bits per heavy atom. The van der Waals surface area contributed by atoms with Gasteiger partial charge in [0, 0.05) is 49.6 Å². The number of aromatic hydroxyl groups is 1. The summed E-state index contributed by atoms with van der Waals surface area (Å²) in [5, 5.41) is 11.5. The smallest absolute Gasteiger partial charge is 0.413 e. The second kappa shape index (κ2) is 17.7. The van der Waals surface area contributed by atoms with Gasteiger partial charge in [-0.15, -0.1) is 6.42 Å². The summed E-state index contributed by atoms with van der Waals surface area (Å²) < 4.78 is 63.7. The Morgan fingerprint density at radius 3 is 2.55 bits per heavy atom. The third-order valence-electron chi connectivity index (χ3n) is 12.7. The van der Waals surface area contributed by atoms with E-state index in [1.165, 1.54) is 49.7 Å². The van der Waals surface area contributed by atoms with E-state index < -0.39 is 42.2 Å². The Hall–Kier alpha value is -5.36. The average molecular weight is 829 g/mol. The van der Waals surface area contributed by atoms with Gasteiger partial charge in [-0.25, -0.2) is 18.0 Å². The number of carbonyl (C=O) groups excluding carboxylic acids is 2. The number of hydrogen-bond donors (Lipinski definition) is 1. The second-order valence-corrected chi connectivity index (χ2v) is 16.6. The zero-order valence-electron chi connectivity index (χ0n) is 33.9. The summed E-state index contributed by atoms with van der Waals surface area (Å²) in [6, 6.07) is 4.66. The number of carbonyl (C=O) groups is 2. The number of phenols is 1. The van der Waals surface area contributed by atoms with Crippen LogP contribution in [-0.4, -0.2) is 105 Å². The number of fused-ring (bicyclic) bond motifs is 5. The molecule has 60 heavy (non-hydrogen) atoms. The van der Waals surface area contributed by atoms with Crippen LogP contribution in [0.2, 0.25) is 0 Å². The maximum absolute atomic E-state index is 17.1. The summed E-state index contributed by atoms with van der Waals surface area (Å²) in [5.74, 6) is 0.551. The van der Waals surface area contributed by atoms with Crippen molar-refractivity contribution in [2.24, 2.45) is 0 Å². The lowest BCUT2D eigenvalue weighted by Crippen LogP contribution is -2.56. The number of phenolic OH excluding ortho intramolecular Hbond substituents is 1. The molecule has 4 atom stereocenters. The van der Waals surface area contributed by atoms with Crippen LogP contribution < -0.4 is 9.64 Å². The van der Waals surface area contributed by atoms with Crippen LogP contribution in [0.3, 0.4) is 0 Å². The van der Waals surface area contributed by atoms with Gasteiger partial charge < -0.3 is 24.2 Å². The number of piperazine rings is 1. The molecule has 15 heteroatoms. The van der Waals surface area contributed by atoms with Crippen LogP contribution in [0.5, 0.6) is 11.8 Å². The van der Waals surface area contributed by atoms with Crippen molar-refractivity contribution in [2.75, 3.05) is 44.5 Å². The molecule has 0 radical (unpaired) electrons. The quantitative estimate of drug-likeness (QED) is 0.0539. The van der Waals surface area contributed by atoms with Crippen LogP contribution in [0.15, 0.2) is 30.5 Å². The largest absolute Gasteiger partial charge is 0.508 e. The lowest BCUT2D eigenvalue weighted by Gasteiger charge is -2.41. The fourth-order valence-corrected chi connectivity index (χ4v) is 9.81. The summed E-state index contributed by atoms with van der Waals surface area (Å²) in [5.41, 5.74) is -0.892. The maximum Gasteiger partial charge on any atom is 0.413 e. The van der Waals surface area contributed by atoms with Crippen molar-refractivity contribution in [3.05, 3.63) is 47.7 Å². The third kappa shape index (κ3) is 8.23. The summed E-state index contributed by atoms with van der Waals surface area (Å²) in [6.07, 6.45) is 16.7. The first kappa shape index (κ1) is 41.4. The topological polar surface area (TPSA) is 130 Å². The number of amides is 1. The van der Waals surface area contributed by atoms with Gasteiger partial charge in [0.2, 0.25) is 6.79 Å². The predicted octanol–water partition coefficient (Wildman–Crippen LogP) is 8.20. The van der Waals surface area contributed by atoms with Crippen molar-refractivity contribution in [1.29, 1.82) is 0 Å². The fourth-order valence-electron chi connectivity index (χ4n) is 9.81. The minimum Gasteiger partial charge on any atom is -0.508 e. The zero-order valence-corrected chi connectivity index (χ0v) is 33.9. The molecule has 2 aromatic heterocycles. The molecule has 2 aromatic carbocycles. The van der Waals surface area contributed by atoms with E-state index in [2.05, 4.69) is 27.7 Å².